The molecule has 0 saturated carbocycles. The zero-order valence-corrected chi connectivity index (χ0v) is 9.92. The highest BCUT2D eigenvalue weighted by atomic mass is 15.4. The van der Waals surface area contributed by atoms with Crippen LogP contribution in [0.25, 0.3) is 0 Å². The number of benzene rings is 1. The summed E-state index contributed by atoms with van der Waals surface area (Å²) in [6.07, 6.45) is 5.89. The zero-order chi connectivity index (χ0) is 11.8. The van der Waals surface area contributed by atoms with Gasteiger partial charge in [0.1, 0.15) is 0 Å². The Morgan fingerprint density at radius 1 is 1.12 bits per heavy atom. The Balaban J connectivity index is 1.52. The number of nitrogens with one attached hydrogen (secondary N) is 1. The monoisotopic (exact) mass is 230 g/mol. The molecule has 1 aromatic carbocycles. The van der Waals surface area contributed by atoms with Gasteiger partial charge in [0.15, 0.2) is 0 Å². The summed E-state index contributed by atoms with van der Waals surface area (Å²) < 4.78 is 1.84. The number of nitrogens with zero attached hydrogens (tertiary/aromatic N) is 3. The fourth-order valence-electron chi connectivity index (χ4n) is 1.73. The van der Waals surface area contributed by atoms with Crippen LogP contribution in [0.3, 0.4) is 0 Å². The van der Waals surface area contributed by atoms with Gasteiger partial charge in [0, 0.05) is 12.7 Å². The predicted molar refractivity (Wildman–Crippen MR) is 67.7 cm³/mol. The minimum atomic E-state index is 0.880. The third kappa shape index (κ3) is 4.36. The molecule has 0 bridgehead atoms. The van der Waals surface area contributed by atoms with E-state index in [-0.39, 0.29) is 0 Å². The maximum absolute atomic E-state index is 3.91. The van der Waals surface area contributed by atoms with E-state index in [9.17, 15) is 0 Å². The van der Waals surface area contributed by atoms with E-state index in [1.54, 1.807) is 6.20 Å². The molecule has 2 rings (SSSR count). The van der Waals surface area contributed by atoms with Gasteiger partial charge >= 0.3 is 0 Å². The maximum atomic E-state index is 3.91. The highest BCUT2D eigenvalue weighted by Crippen LogP contribution is 2.01. The van der Waals surface area contributed by atoms with Gasteiger partial charge < -0.3 is 5.32 Å². The molecule has 0 atom stereocenters. The standard InChI is InChI=1S/C13H18N4/c1-2-5-13(6-3-1)7-4-8-14-9-11-17-12-10-15-16-17/h1-3,5-6,10,12,14H,4,7-9,11H2. The lowest BCUT2D eigenvalue weighted by molar-refractivity contribution is 0.534. The minimum Gasteiger partial charge on any atom is -0.315 e. The van der Waals surface area contributed by atoms with E-state index in [4.69, 9.17) is 0 Å². The Labute approximate surface area is 102 Å². The Kier molecular flexibility index (Phi) is 4.72. The minimum absolute atomic E-state index is 0.880. The first-order chi connectivity index (χ1) is 8.45. The van der Waals surface area contributed by atoms with Gasteiger partial charge in [0.25, 0.3) is 0 Å². The molecule has 1 heterocycles. The largest absolute Gasteiger partial charge is 0.315 e. The summed E-state index contributed by atoms with van der Waals surface area (Å²) in [4.78, 5) is 0. The summed E-state index contributed by atoms with van der Waals surface area (Å²) in [7, 11) is 0. The van der Waals surface area contributed by atoms with Crippen LogP contribution in [0.5, 0.6) is 0 Å². The first kappa shape index (κ1) is 11.8. The third-order valence-corrected chi connectivity index (χ3v) is 2.65. The molecular weight excluding hydrogens is 212 g/mol. The summed E-state index contributed by atoms with van der Waals surface area (Å²) in [5, 5.41) is 11.1. The van der Waals surface area contributed by atoms with Crippen LogP contribution < -0.4 is 5.32 Å². The van der Waals surface area contributed by atoms with Crippen molar-refractivity contribution in [1.29, 1.82) is 0 Å². The molecule has 4 nitrogen and oxygen atoms in total. The number of rotatable bonds is 7. The van der Waals surface area contributed by atoms with Gasteiger partial charge in [-0.1, -0.05) is 35.5 Å². The SMILES string of the molecule is c1ccc(CCCNCCn2ccnn2)cc1. The lowest BCUT2D eigenvalue weighted by atomic mass is 10.1. The molecule has 0 unspecified atom stereocenters. The molecule has 90 valence electrons. The number of hydrogen-bond donors (Lipinski definition) is 1. The van der Waals surface area contributed by atoms with Gasteiger partial charge in [-0.25, -0.2) is 0 Å². The van der Waals surface area contributed by atoms with Crippen molar-refractivity contribution in [2.45, 2.75) is 19.4 Å². The number of hydrogen-bond acceptors (Lipinski definition) is 3. The Hall–Kier alpha value is -1.68. The Morgan fingerprint density at radius 3 is 2.76 bits per heavy atom. The second-order valence-electron chi connectivity index (χ2n) is 4.01. The van der Waals surface area contributed by atoms with E-state index < -0.39 is 0 Å². The van der Waals surface area contributed by atoms with Crippen molar-refractivity contribution in [2.24, 2.45) is 0 Å². The average Bonchev–Trinajstić information content (AvgIpc) is 2.88. The molecule has 4 heteroatoms. The van der Waals surface area contributed by atoms with Gasteiger partial charge in [0.2, 0.25) is 0 Å². The lowest BCUT2D eigenvalue weighted by Gasteiger charge is -2.04. The van der Waals surface area contributed by atoms with E-state index in [1.807, 2.05) is 10.9 Å². The first-order valence-corrected chi connectivity index (χ1v) is 6.04. The van der Waals surface area contributed by atoms with Crippen molar-refractivity contribution in [2.75, 3.05) is 13.1 Å². The zero-order valence-electron chi connectivity index (χ0n) is 9.92. The van der Waals surface area contributed by atoms with Crippen molar-refractivity contribution >= 4 is 0 Å². The molecule has 17 heavy (non-hydrogen) atoms. The van der Waals surface area contributed by atoms with Gasteiger partial charge in [-0.3, -0.25) is 4.68 Å². The molecule has 1 N–H and O–H groups in total. The quantitative estimate of drug-likeness (QED) is 0.733. The fraction of sp³-hybridized carbons (Fsp3) is 0.385. The van der Waals surface area contributed by atoms with Gasteiger partial charge in [-0.05, 0) is 24.9 Å². The fourth-order valence-corrected chi connectivity index (χ4v) is 1.73. The second kappa shape index (κ2) is 6.81. The second-order valence-corrected chi connectivity index (χ2v) is 4.01. The molecule has 0 spiro atoms. The van der Waals surface area contributed by atoms with Gasteiger partial charge in [0.05, 0.1) is 12.7 Å². The van der Waals surface area contributed by atoms with Crippen LogP contribution in [0.15, 0.2) is 42.7 Å². The third-order valence-electron chi connectivity index (χ3n) is 2.65. The molecule has 0 aliphatic rings. The summed E-state index contributed by atoms with van der Waals surface area (Å²) >= 11 is 0. The molecule has 0 fully saturated rings. The molecule has 0 aliphatic heterocycles. The predicted octanol–water partition coefficient (Wildman–Crippen LogP) is 1.50. The van der Waals surface area contributed by atoms with Crippen LogP contribution in [0.2, 0.25) is 0 Å². The summed E-state index contributed by atoms with van der Waals surface area (Å²) in [6, 6.07) is 10.6. The van der Waals surface area contributed by atoms with E-state index in [2.05, 4.69) is 46.0 Å². The molecule has 0 aliphatic carbocycles. The van der Waals surface area contributed by atoms with Crippen molar-refractivity contribution in [3.8, 4) is 0 Å². The van der Waals surface area contributed by atoms with Crippen molar-refractivity contribution < 1.29 is 0 Å². The van der Waals surface area contributed by atoms with Crippen LogP contribution in [0, 0.1) is 0 Å². The van der Waals surface area contributed by atoms with Crippen LogP contribution in [0.1, 0.15) is 12.0 Å². The van der Waals surface area contributed by atoms with Crippen LogP contribution in [-0.4, -0.2) is 28.1 Å². The normalized spacial score (nSPS) is 10.6. The molecule has 0 radical (unpaired) electrons. The van der Waals surface area contributed by atoms with Gasteiger partial charge in [-0.2, -0.15) is 0 Å². The van der Waals surface area contributed by atoms with E-state index >= 15 is 0 Å². The highest BCUT2D eigenvalue weighted by molar-refractivity contribution is 5.14. The van der Waals surface area contributed by atoms with Crippen molar-refractivity contribution in [3.05, 3.63) is 48.3 Å². The highest BCUT2D eigenvalue weighted by Gasteiger charge is 1.93. The van der Waals surface area contributed by atoms with Crippen molar-refractivity contribution in [3.63, 3.8) is 0 Å². The van der Waals surface area contributed by atoms with Crippen LogP contribution in [-0.2, 0) is 13.0 Å². The van der Waals surface area contributed by atoms with Gasteiger partial charge in [-0.15, -0.1) is 5.10 Å². The molecular formula is C13H18N4. The molecule has 2 aromatic rings. The molecule has 0 amide bonds. The molecule has 0 saturated heterocycles. The summed E-state index contributed by atoms with van der Waals surface area (Å²) in [6.45, 7) is 2.87. The topological polar surface area (TPSA) is 42.7 Å². The lowest BCUT2D eigenvalue weighted by Crippen LogP contribution is -2.21. The van der Waals surface area contributed by atoms with Crippen LogP contribution >= 0.6 is 0 Å². The van der Waals surface area contributed by atoms with E-state index in [0.717, 1.165) is 26.1 Å². The number of aryl methyl sites for hydroxylation is 1. The summed E-state index contributed by atoms with van der Waals surface area (Å²) in [5.74, 6) is 0. The molecule has 1 aromatic heterocycles. The van der Waals surface area contributed by atoms with E-state index in [1.165, 1.54) is 12.0 Å². The maximum Gasteiger partial charge on any atom is 0.0692 e. The van der Waals surface area contributed by atoms with Crippen LogP contribution in [0.4, 0.5) is 0 Å². The first-order valence-electron chi connectivity index (χ1n) is 6.04. The smallest absolute Gasteiger partial charge is 0.0692 e. The number of aromatic nitrogens is 3. The Morgan fingerprint density at radius 2 is 2.00 bits per heavy atom. The Bertz CT molecular complexity index is 397. The van der Waals surface area contributed by atoms with E-state index in [0.29, 0.717) is 0 Å². The summed E-state index contributed by atoms with van der Waals surface area (Å²) in [5.41, 5.74) is 1.41. The van der Waals surface area contributed by atoms with Crippen molar-refractivity contribution in [1.82, 2.24) is 20.3 Å². The average molecular weight is 230 g/mol.